The van der Waals surface area contributed by atoms with E-state index in [0.29, 0.717) is 0 Å². The molecule has 0 aliphatic rings. The number of benzene rings is 6. The largest absolute Gasteiger partial charge is 0.311 e. The lowest BCUT2D eigenvalue weighted by molar-refractivity contribution is 1.28. The molecule has 0 bridgehead atoms. The standard InChI is InChI=1S/C36H27N.3C2H6/c1-4-10-28(11-5-1)29-16-18-30(19-17-29)31-20-22-32(23-21-31)33-24-26-36(27-25-33)37(34-12-6-2-7-13-34)35-14-8-3-9-15-35;3*1-2/h1-27H;3*1-2H3. The average molecular weight is 564 g/mol. The molecular formula is C42H45N. The molecule has 0 amide bonds. The van der Waals surface area contributed by atoms with Crippen LogP contribution in [-0.2, 0) is 0 Å². The van der Waals surface area contributed by atoms with Gasteiger partial charge in [-0.25, -0.2) is 0 Å². The molecule has 218 valence electrons. The van der Waals surface area contributed by atoms with Gasteiger partial charge in [-0.3, -0.25) is 0 Å². The van der Waals surface area contributed by atoms with Crippen molar-refractivity contribution in [2.45, 2.75) is 41.5 Å². The van der Waals surface area contributed by atoms with Crippen molar-refractivity contribution in [1.82, 2.24) is 0 Å². The summed E-state index contributed by atoms with van der Waals surface area (Å²) in [7, 11) is 0. The Morgan fingerprint density at radius 1 is 0.233 bits per heavy atom. The van der Waals surface area contributed by atoms with E-state index < -0.39 is 0 Å². The maximum absolute atomic E-state index is 2.28. The Morgan fingerprint density at radius 3 is 0.744 bits per heavy atom. The van der Waals surface area contributed by atoms with Gasteiger partial charge in [0.15, 0.2) is 0 Å². The van der Waals surface area contributed by atoms with Gasteiger partial charge in [0.1, 0.15) is 0 Å². The molecule has 0 unspecified atom stereocenters. The number of hydrogen-bond acceptors (Lipinski definition) is 1. The van der Waals surface area contributed by atoms with Crippen molar-refractivity contribution in [3.63, 3.8) is 0 Å². The summed E-state index contributed by atoms with van der Waals surface area (Å²) in [6, 6.07) is 58.0. The molecular weight excluding hydrogens is 518 g/mol. The first kappa shape index (κ1) is 32.6. The van der Waals surface area contributed by atoms with Crippen LogP contribution in [0.1, 0.15) is 41.5 Å². The van der Waals surface area contributed by atoms with Gasteiger partial charge in [0.05, 0.1) is 0 Å². The van der Waals surface area contributed by atoms with E-state index in [9.17, 15) is 0 Å². The van der Waals surface area contributed by atoms with Crippen LogP contribution in [0.4, 0.5) is 17.1 Å². The Kier molecular flexibility index (Phi) is 13.5. The zero-order valence-corrected chi connectivity index (χ0v) is 26.5. The number of nitrogens with zero attached hydrogens (tertiary/aromatic N) is 1. The molecule has 43 heavy (non-hydrogen) atoms. The molecule has 0 atom stereocenters. The summed E-state index contributed by atoms with van der Waals surface area (Å²) in [5.74, 6) is 0. The molecule has 0 aliphatic heterocycles. The number of anilines is 3. The maximum atomic E-state index is 2.28. The molecule has 0 aromatic heterocycles. The molecule has 6 aromatic carbocycles. The van der Waals surface area contributed by atoms with E-state index in [1.54, 1.807) is 0 Å². The Balaban J connectivity index is 0.000000796. The van der Waals surface area contributed by atoms with Crippen molar-refractivity contribution in [3.8, 4) is 33.4 Å². The van der Waals surface area contributed by atoms with Crippen molar-refractivity contribution in [2.24, 2.45) is 0 Å². The lowest BCUT2D eigenvalue weighted by atomic mass is 9.98. The molecule has 0 heterocycles. The van der Waals surface area contributed by atoms with Gasteiger partial charge in [-0.15, -0.1) is 0 Å². The highest BCUT2D eigenvalue weighted by Gasteiger charge is 2.12. The molecule has 0 spiro atoms. The fourth-order valence-electron chi connectivity index (χ4n) is 4.75. The van der Waals surface area contributed by atoms with Crippen molar-refractivity contribution >= 4 is 17.1 Å². The van der Waals surface area contributed by atoms with Crippen molar-refractivity contribution in [2.75, 3.05) is 4.90 Å². The second kappa shape index (κ2) is 17.8. The summed E-state index contributed by atoms with van der Waals surface area (Å²) in [5.41, 5.74) is 10.8. The summed E-state index contributed by atoms with van der Waals surface area (Å²) in [5, 5.41) is 0. The van der Waals surface area contributed by atoms with Gasteiger partial charge in [0.25, 0.3) is 0 Å². The van der Waals surface area contributed by atoms with E-state index >= 15 is 0 Å². The Bertz CT molecular complexity index is 1510. The molecule has 0 saturated carbocycles. The van der Waals surface area contributed by atoms with E-state index in [4.69, 9.17) is 0 Å². The minimum absolute atomic E-state index is 1.14. The Hall–Kier alpha value is -4.88. The van der Waals surface area contributed by atoms with E-state index in [1.807, 2.05) is 41.5 Å². The monoisotopic (exact) mass is 563 g/mol. The molecule has 0 aliphatic carbocycles. The van der Waals surface area contributed by atoms with Gasteiger partial charge in [-0.1, -0.05) is 169 Å². The first-order chi connectivity index (χ1) is 21.3. The van der Waals surface area contributed by atoms with Gasteiger partial charge < -0.3 is 4.90 Å². The van der Waals surface area contributed by atoms with Crippen LogP contribution in [0.5, 0.6) is 0 Å². The van der Waals surface area contributed by atoms with Gasteiger partial charge in [0, 0.05) is 17.1 Å². The van der Waals surface area contributed by atoms with E-state index in [-0.39, 0.29) is 0 Å². The predicted molar refractivity (Wildman–Crippen MR) is 191 cm³/mol. The smallest absolute Gasteiger partial charge is 0.0462 e. The third kappa shape index (κ3) is 8.56. The molecule has 6 rings (SSSR count). The number of para-hydroxylation sites is 2. The molecule has 0 fully saturated rings. The quantitative estimate of drug-likeness (QED) is 0.195. The van der Waals surface area contributed by atoms with E-state index in [0.717, 1.165) is 17.1 Å². The lowest BCUT2D eigenvalue weighted by Crippen LogP contribution is -2.09. The second-order valence-electron chi connectivity index (χ2n) is 9.07. The van der Waals surface area contributed by atoms with Crippen LogP contribution in [0, 0.1) is 0 Å². The molecule has 0 radical (unpaired) electrons. The highest BCUT2D eigenvalue weighted by Crippen LogP contribution is 2.35. The van der Waals surface area contributed by atoms with Gasteiger partial charge in [-0.2, -0.15) is 0 Å². The third-order valence-electron chi connectivity index (χ3n) is 6.70. The Morgan fingerprint density at radius 2 is 0.442 bits per heavy atom. The van der Waals surface area contributed by atoms with E-state index in [1.165, 1.54) is 33.4 Å². The van der Waals surface area contributed by atoms with Crippen LogP contribution in [0.15, 0.2) is 164 Å². The summed E-state index contributed by atoms with van der Waals surface area (Å²) in [6.45, 7) is 12.0. The van der Waals surface area contributed by atoms with E-state index in [2.05, 4.69) is 169 Å². The molecule has 0 saturated heterocycles. The van der Waals surface area contributed by atoms with Crippen LogP contribution in [-0.4, -0.2) is 0 Å². The lowest BCUT2D eigenvalue weighted by Gasteiger charge is -2.25. The average Bonchev–Trinajstić information content (AvgIpc) is 3.13. The fourth-order valence-corrected chi connectivity index (χ4v) is 4.75. The highest BCUT2D eigenvalue weighted by atomic mass is 15.1. The minimum Gasteiger partial charge on any atom is -0.311 e. The zero-order valence-electron chi connectivity index (χ0n) is 26.5. The zero-order chi connectivity index (χ0) is 30.9. The molecule has 1 nitrogen and oxygen atoms in total. The summed E-state index contributed by atoms with van der Waals surface area (Å²) >= 11 is 0. The summed E-state index contributed by atoms with van der Waals surface area (Å²) < 4.78 is 0. The minimum atomic E-state index is 1.14. The Labute approximate surface area is 260 Å². The van der Waals surface area contributed by atoms with Gasteiger partial charge in [-0.05, 0) is 69.8 Å². The van der Waals surface area contributed by atoms with Crippen LogP contribution < -0.4 is 4.90 Å². The highest BCUT2D eigenvalue weighted by molar-refractivity contribution is 5.79. The summed E-state index contributed by atoms with van der Waals surface area (Å²) in [6.07, 6.45) is 0. The number of hydrogen-bond donors (Lipinski definition) is 0. The predicted octanol–water partition coefficient (Wildman–Crippen LogP) is 13.2. The molecule has 1 heteroatoms. The third-order valence-corrected chi connectivity index (χ3v) is 6.70. The number of rotatable bonds is 6. The van der Waals surface area contributed by atoms with Gasteiger partial charge >= 0.3 is 0 Å². The van der Waals surface area contributed by atoms with Crippen molar-refractivity contribution < 1.29 is 0 Å². The van der Waals surface area contributed by atoms with Crippen LogP contribution in [0.3, 0.4) is 0 Å². The first-order valence-corrected chi connectivity index (χ1v) is 15.6. The van der Waals surface area contributed by atoms with Crippen LogP contribution >= 0.6 is 0 Å². The maximum Gasteiger partial charge on any atom is 0.0462 e. The van der Waals surface area contributed by atoms with Gasteiger partial charge in [0.2, 0.25) is 0 Å². The normalized spacial score (nSPS) is 9.63. The first-order valence-electron chi connectivity index (χ1n) is 15.6. The van der Waals surface area contributed by atoms with Crippen molar-refractivity contribution in [1.29, 1.82) is 0 Å². The molecule has 0 N–H and O–H groups in total. The molecule has 6 aromatic rings. The SMILES string of the molecule is CC.CC.CC.c1ccc(-c2ccc(-c3ccc(-c4ccc(N(c5ccccc5)c5ccccc5)cc4)cc3)cc2)cc1. The van der Waals surface area contributed by atoms with Crippen LogP contribution in [0.2, 0.25) is 0 Å². The topological polar surface area (TPSA) is 3.24 Å². The van der Waals surface area contributed by atoms with Crippen LogP contribution in [0.25, 0.3) is 33.4 Å². The summed E-state index contributed by atoms with van der Waals surface area (Å²) in [4.78, 5) is 2.28. The second-order valence-corrected chi connectivity index (χ2v) is 9.07. The van der Waals surface area contributed by atoms with Crippen molar-refractivity contribution in [3.05, 3.63) is 164 Å². The fraction of sp³-hybridized carbons (Fsp3) is 0.143.